The molecule has 0 unspecified atom stereocenters. The van der Waals surface area contributed by atoms with Crippen LogP contribution in [0.2, 0.25) is 0 Å². The van der Waals surface area contributed by atoms with E-state index in [9.17, 15) is 4.39 Å². The smallest absolute Gasteiger partial charge is 0.140 e. The molecule has 0 atom stereocenters. The number of halogens is 1. The maximum atomic E-state index is 13.4. The molecule has 3 nitrogen and oxygen atoms in total. The molecule has 0 aliphatic heterocycles. The number of rotatable bonds is 3. The van der Waals surface area contributed by atoms with Crippen molar-refractivity contribution in [3.63, 3.8) is 0 Å². The number of ether oxygens (including phenoxy) is 1. The number of hydrogen-bond acceptors (Lipinski definition) is 2. The quantitative estimate of drug-likeness (QED) is 0.733. The first-order chi connectivity index (χ1) is 10.2. The lowest BCUT2D eigenvalue weighted by molar-refractivity contribution is 0.420. The summed E-state index contributed by atoms with van der Waals surface area (Å²) in [5, 5.41) is 9.93. The van der Waals surface area contributed by atoms with Gasteiger partial charge >= 0.3 is 0 Å². The number of benzene rings is 2. The predicted molar refractivity (Wildman–Crippen MR) is 78.7 cm³/mol. The van der Waals surface area contributed by atoms with Crippen LogP contribution in [0, 0.1) is 17.1 Å². The fourth-order valence-electron chi connectivity index (χ4n) is 2.46. The first kappa shape index (κ1) is 13.2. The molecular formula is C17H13FN2O. The number of nitriles is 1. The molecule has 3 rings (SSSR count). The normalized spacial score (nSPS) is 10.5. The molecule has 0 radical (unpaired) electrons. The SMILES string of the molecule is COc1cccc2c1ccn2Cc1ccc(F)c(C#N)c1. The van der Waals surface area contributed by atoms with Gasteiger partial charge in [0.25, 0.3) is 0 Å². The van der Waals surface area contributed by atoms with E-state index in [0.29, 0.717) is 6.54 Å². The van der Waals surface area contributed by atoms with Gasteiger partial charge in [-0.25, -0.2) is 4.39 Å². The van der Waals surface area contributed by atoms with Crippen molar-refractivity contribution in [1.29, 1.82) is 5.26 Å². The molecule has 0 spiro atoms. The first-order valence-electron chi connectivity index (χ1n) is 6.53. The lowest BCUT2D eigenvalue weighted by atomic mass is 10.1. The maximum absolute atomic E-state index is 13.4. The Kier molecular flexibility index (Phi) is 3.33. The third kappa shape index (κ3) is 2.34. The van der Waals surface area contributed by atoms with Gasteiger partial charge < -0.3 is 9.30 Å². The van der Waals surface area contributed by atoms with Gasteiger partial charge in [-0.05, 0) is 35.9 Å². The summed E-state index contributed by atoms with van der Waals surface area (Å²) in [6.45, 7) is 0.575. The lowest BCUT2D eigenvalue weighted by Crippen LogP contribution is -1.99. The Morgan fingerprint density at radius 1 is 1.24 bits per heavy atom. The Bertz CT molecular complexity index is 846. The van der Waals surface area contributed by atoms with Crippen LogP contribution < -0.4 is 4.74 Å². The molecule has 104 valence electrons. The second-order valence-corrected chi connectivity index (χ2v) is 4.76. The summed E-state index contributed by atoms with van der Waals surface area (Å²) in [5.41, 5.74) is 1.99. The molecule has 0 saturated carbocycles. The highest BCUT2D eigenvalue weighted by atomic mass is 19.1. The molecular weight excluding hydrogens is 267 g/mol. The summed E-state index contributed by atoms with van der Waals surface area (Å²) < 4.78 is 20.7. The molecule has 0 saturated heterocycles. The van der Waals surface area contributed by atoms with Gasteiger partial charge in [0.15, 0.2) is 0 Å². The van der Waals surface area contributed by atoms with E-state index in [4.69, 9.17) is 10.00 Å². The molecule has 0 amide bonds. The van der Waals surface area contributed by atoms with Crippen molar-refractivity contribution in [1.82, 2.24) is 4.57 Å². The Morgan fingerprint density at radius 2 is 2.10 bits per heavy atom. The zero-order chi connectivity index (χ0) is 14.8. The number of fused-ring (bicyclic) bond motifs is 1. The van der Waals surface area contributed by atoms with Gasteiger partial charge in [-0.15, -0.1) is 0 Å². The Hall–Kier alpha value is -2.80. The Balaban J connectivity index is 2.01. The minimum absolute atomic E-state index is 0.0709. The molecule has 2 aromatic carbocycles. The van der Waals surface area contributed by atoms with Gasteiger partial charge in [0.1, 0.15) is 17.6 Å². The first-order valence-corrected chi connectivity index (χ1v) is 6.53. The standard InChI is InChI=1S/C17H13FN2O/c1-21-17-4-2-3-16-14(17)7-8-20(16)11-12-5-6-15(18)13(9-12)10-19/h2-9H,11H2,1H3. The van der Waals surface area contributed by atoms with Crippen LogP contribution in [0.1, 0.15) is 11.1 Å². The molecule has 0 fully saturated rings. The maximum Gasteiger partial charge on any atom is 0.140 e. The fraction of sp³-hybridized carbons (Fsp3) is 0.118. The molecule has 1 heterocycles. The Labute approximate surface area is 121 Å². The zero-order valence-electron chi connectivity index (χ0n) is 11.5. The molecule has 1 aromatic heterocycles. The van der Waals surface area contributed by atoms with Crippen LogP contribution in [0.3, 0.4) is 0 Å². The second-order valence-electron chi connectivity index (χ2n) is 4.76. The summed E-state index contributed by atoms with van der Waals surface area (Å²) in [5.74, 6) is 0.336. The van der Waals surface area contributed by atoms with Crippen LogP contribution in [0.15, 0.2) is 48.7 Å². The van der Waals surface area contributed by atoms with Gasteiger partial charge in [0.05, 0.1) is 18.2 Å². The van der Waals surface area contributed by atoms with E-state index in [1.807, 2.05) is 41.1 Å². The second kappa shape index (κ2) is 5.29. The van der Waals surface area contributed by atoms with Crippen molar-refractivity contribution >= 4 is 10.9 Å². The van der Waals surface area contributed by atoms with Crippen LogP contribution in [-0.2, 0) is 6.54 Å². The van der Waals surface area contributed by atoms with Crippen LogP contribution in [0.25, 0.3) is 10.9 Å². The van der Waals surface area contributed by atoms with Crippen molar-refractivity contribution in [2.45, 2.75) is 6.54 Å². The lowest BCUT2D eigenvalue weighted by Gasteiger charge is -2.07. The van der Waals surface area contributed by atoms with Gasteiger partial charge in [-0.3, -0.25) is 0 Å². The molecule has 4 heteroatoms. The van der Waals surface area contributed by atoms with Gasteiger partial charge in [-0.1, -0.05) is 12.1 Å². The monoisotopic (exact) mass is 280 g/mol. The van der Waals surface area contributed by atoms with E-state index < -0.39 is 5.82 Å². The molecule has 21 heavy (non-hydrogen) atoms. The largest absolute Gasteiger partial charge is 0.496 e. The zero-order valence-corrected chi connectivity index (χ0v) is 11.5. The number of aromatic nitrogens is 1. The molecule has 0 aliphatic rings. The average molecular weight is 280 g/mol. The molecule has 0 aliphatic carbocycles. The minimum atomic E-state index is -0.486. The summed E-state index contributed by atoms with van der Waals surface area (Å²) in [6.07, 6.45) is 1.96. The van der Waals surface area contributed by atoms with Crippen molar-refractivity contribution in [3.05, 3.63) is 65.6 Å². The molecule has 0 bridgehead atoms. The summed E-state index contributed by atoms with van der Waals surface area (Å²) in [4.78, 5) is 0. The molecule has 3 aromatic rings. The summed E-state index contributed by atoms with van der Waals surface area (Å²) >= 11 is 0. The van der Waals surface area contributed by atoms with Crippen LogP contribution in [0.4, 0.5) is 4.39 Å². The topological polar surface area (TPSA) is 38.0 Å². The van der Waals surface area contributed by atoms with Crippen molar-refractivity contribution in [2.24, 2.45) is 0 Å². The predicted octanol–water partition coefficient (Wildman–Crippen LogP) is 3.71. The van der Waals surface area contributed by atoms with E-state index in [-0.39, 0.29) is 5.56 Å². The van der Waals surface area contributed by atoms with Gasteiger partial charge in [0.2, 0.25) is 0 Å². The van der Waals surface area contributed by atoms with Crippen molar-refractivity contribution in [3.8, 4) is 11.8 Å². The Morgan fingerprint density at radius 3 is 2.86 bits per heavy atom. The number of nitrogens with zero attached hydrogens (tertiary/aromatic N) is 2. The highest BCUT2D eigenvalue weighted by molar-refractivity contribution is 5.86. The van der Waals surface area contributed by atoms with E-state index in [1.165, 1.54) is 6.07 Å². The van der Waals surface area contributed by atoms with Crippen LogP contribution in [-0.4, -0.2) is 11.7 Å². The summed E-state index contributed by atoms with van der Waals surface area (Å²) in [7, 11) is 1.64. The highest BCUT2D eigenvalue weighted by Crippen LogP contribution is 2.26. The minimum Gasteiger partial charge on any atom is -0.496 e. The third-order valence-electron chi connectivity index (χ3n) is 3.50. The van der Waals surface area contributed by atoms with Crippen LogP contribution in [0.5, 0.6) is 5.75 Å². The summed E-state index contributed by atoms with van der Waals surface area (Å²) in [6, 6.07) is 14.3. The molecule has 0 N–H and O–H groups in total. The average Bonchev–Trinajstić information content (AvgIpc) is 2.92. The van der Waals surface area contributed by atoms with Gasteiger partial charge in [-0.2, -0.15) is 5.26 Å². The van der Waals surface area contributed by atoms with Crippen molar-refractivity contribution < 1.29 is 9.13 Å². The van der Waals surface area contributed by atoms with E-state index >= 15 is 0 Å². The fourth-order valence-corrected chi connectivity index (χ4v) is 2.46. The van der Waals surface area contributed by atoms with E-state index in [2.05, 4.69) is 0 Å². The number of methoxy groups -OCH3 is 1. The van der Waals surface area contributed by atoms with E-state index in [0.717, 1.165) is 22.2 Å². The third-order valence-corrected chi connectivity index (χ3v) is 3.50. The number of hydrogen-bond donors (Lipinski definition) is 0. The van der Waals surface area contributed by atoms with Crippen LogP contribution >= 0.6 is 0 Å². The van der Waals surface area contributed by atoms with E-state index in [1.54, 1.807) is 19.2 Å². The van der Waals surface area contributed by atoms with Gasteiger partial charge in [0, 0.05) is 18.1 Å². The van der Waals surface area contributed by atoms with Crippen molar-refractivity contribution in [2.75, 3.05) is 7.11 Å². The highest BCUT2D eigenvalue weighted by Gasteiger charge is 2.08.